The average Bonchev–Trinajstić information content (AvgIpc) is 2.65. The molecule has 21 heavy (non-hydrogen) atoms. The average molecular weight is 374 g/mol. The first-order valence-electron chi connectivity index (χ1n) is 7.72. The number of rotatable bonds is 2. The molecule has 116 valence electrons. The van der Waals surface area contributed by atoms with Crippen LogP contribution < -0.4 is 9.47 Å². The van der Waals surface area contributed by atoms with Crippen LogP contribution in [-0.4, -0.2) is 13.2 Å². The largest absolute Gasteiger partial charge is 0.490 e. The van der Waals surface area contributed by atoms with Gasteiger partial charge in [0, 0.05) is 22.3 Å². The molecular formula is C17H22BrClO2. The normalized spacial score (nSPS) is 25.4. The standard InChI is InChI=1S/C17H22BrClO2/c1-17(2)6-3-5-12(17)16(18)11-9-14-15(10-13(11)19)21-8-4-7-20-14/h9-10,12,16H,3-8H2,1-2H3. The molecule has 3 rings (SSSR count). The van der Waals surface area contributed by atoms with E-state index in [0.29, 0.717) is 24.5 Å². The monoisotopic (exact) mass is 372 g/mol. The van der Waals surface area contributed by atoms with Crippen molar-refractivity contribution in [1.82, 2.24) is 0 Å². The van der Waals surface area contributed by atoms with Gasteiger partial charge in [0.15, 0.2) is 11.5 Å². The maximum absolute atomic E-state index is 6.52. The molecule has 0 N–H and O–H groups in total. The van der Waals surface area contributed by atoms with Crippen LogP contribution in [0.5, 0.6) is 11.5 Å². The molecule has 4 heteroatoms. The van der Waals surface area contributed by atoms with E-state index in [4.69, 9.17) is 21.1 Å². The summed E-state index contributed by atoms with van der Waals surface area (Å²) in [5, 5.41) is 0.767. The highest BCUT2D eigenvalue weighted by atomic mass is 79.9. The number of fused-ring (bicyclic) bond motifs is 1. The Kier molecular flexibility index (Phi) is 4.42. The molecule has 2 atom stereocenters. The van der Waals surface area contributed by atoms with Gasteiger partial charge in [0.05, 0.1) is 13.2 Å². The number of hydrogen-bond acceptors (Lipinski definition) is 2. The van der Waals surface area contributed by atoms with E-state index in [1.54, 1.807) is 0 Å². The maximum Gasteiger partial charge on any atom is 0.162 e. The van der Waals surface area contributed by atoms with Crippen molar-refractivity contribution in [1.29, 1.82) is 0 Å². The lowest BCUT2D eigenvalue weighted by Gasteiger charge is -2.32. The zero-order chi connectivity index (χ0) is 15.0. The summed E-state index contributed by atoms with van der Waals surface area (Å²) in [5.41, 5.74) is 1.47. The van der Waals surface area contributed by atoms with Crippen LogP contribution in [0.4, 0.5) is 0 Å². The molecule has 0 bridgehead atoms. The summed E-state index contributed by atoms with van der Waals surface area (Å²) >= 11 is 10.4. The Morgan fingerprint density at radius 2 is 1.86 bits per heavy atom. The van der Waals surface area contributed by atoms with Gasteiger partial charge < -0.3 is 9.47 Å². The molecule has 1 aromatic rings. The molecule has 1 saturated carbocycles. The lowest BCUT2D eigenvalue weighted by molar-refractivity contribution is 0.256. The Balaban J connectivity index is 1.93. The second kappa shape index (κ2) is 6.00. The summed E-state index contributed by atoms with van der Waals surface area (Å²) in [6.45, 7) is 6.11. The smallest absolute Gasteiger partial charge is 0.162 e. The van der Waals surface area contributed by atoms with Crippen LogP contribution in [-0.2, 0) is 0 Å². The van der Waals surface area contributed by atoms with Crippen LogP contribution in [0.2, 0.25) is 5.02 Å². The first kappa shape index (κ1) is 15.5. The molecule has 0 spiro atoms. The van der Waals surface area contributed by atoms with Crippen molar-refractivity contribution in [2.75, 3.05) is 13.2 Å². The minimum absolute atomic E-state index is 0.264. The van der Waals surface area contributed by atoms with Crippen molar-refractivity contribution in [3.05, 3.63) is 22.7 Å². The molecule has 1 aliphatic carbocycles. The van der Waals surface area contributed by atoms with E-state index in [2.05, 4.69) is 35.8 Å². The summed E-state index contributed by atoms with van der Waals surface area (Å²) in [6, 6.07) is 3.98. The number of halogens is 2. The van der Waals surface area contributed by atoms with Crippen LogP contribution in [0.15, 0.2) is 12.1 Å². The number of benzene rings is 1. The van der Waals surface area contributed by atoms with Crippen LogP contribution in [0.1, 0.15) is 49.9 Å². The van der Waals surface area contributed by atoms with Gasteiger partial charge in [-0.1, -0.05) is 47.8 Å². The van der Waals surface area contributed by atoms with Crippen LogP contribution >= 0.6 is 27.5 Å². The van der Waals surface area contributed by atoms with Gasteiger partial charge in [0.1, 0.15) is 0 Å². The maximum atomic E-state index is 6.52. The highest BCUT2D eigenvalue weighted by molar-refractivity contribution is 9.09. The van der Waals surface area contributed by atoms with Gasteiger partial charge in [-0.2, -0.15) is 0 Å². The van der Waals surface area contributed by atoms with Gasteiger partial charge in [-0.25, -0.2) is 0 Å². The first-order chi connectivity index (χ1) is 9.99. The van der Waals surface area contributed by atoms with E-state index in [1.807, 2.05) is 6.07 Å². The lowest BCUT2D eigenvalue weighted by atomic mass is 9.78. The summed E-state index contributed by atoms with van der Waals surface area (Å²) in [4.78, 5) is 0.264. The molecule has 2 aliphatic rings. The number of alkyl halides is 1. The Morgan fingerprint density at radius 1 is 1.19 bits per heavy atom. The number of hydrogen-bond donors (Lipinski definition) is 0. The van der Waals surface area contributed by atoms with Gasteiger partial charge in [0.25, 0.3) is 0 Å². The van der Waals surface area contributed by atoms with E-state index in [-0.39, 0.29) is 4.83 Å². The van der Waals surface area contributed by atoms with E-state index < -0.39 is 0 Å². The topological polar surface area (TPSA) is 18.5 Å². The lowest BCUT2D eigenvalue weighted by Crippen LogP contribution is -2.21. The zero-order valence-electron chi connectivity index (χ0n) is 12.6. The molecule has 2 nitrogen and oxygen atoms in total. The molecule has 0 aromatic heterocycles. The third kappa shape index (κ3) is 3.05. The molecule has 0 amide bonds. The van der Waals surface area contributed by atoms with Gasteiger partial charge in [-0.3, -0.25) is 0 Å². The third-order valence-corrected chi connectivity index (χ3v) is 6.32. The SMILES string of the molecule is CC1(C)CCCC1C(Br)c1cc2c(cc1Cl)OCCCO2. The number of ether oxygens (including phenoxy) is 2. The van der Waals surface area contributed by atoms with Crippen molar-refractivity contribution in [2.24, 2.45) is 11.3 Å². The van der Waals surface area contributed by atoms with Gasteiger partial charge in [0.2, 0.25) is 0 Å². The van der Waals surface area contributed by atoms with Crippen LogP contribution in [0.3, 0.4) is 0 Å². The van der Waals surface area contributed by atoms with E-state index in [9.17, 15) is 0 Å². The van der Waals surface area contributed by atoms with Gasteiger partial charge in [-0.05, 0) is 35.8 Å². The van der Waals surface area contributed by atoms with Gasteiger partial charge >= 0.3 is 0 Å². The van der Waals surface area contributed by atoms with Crippen molar-refractivity contribution in [2.45, 2.75) is 44.4 Å². The minimum atomic E-state index is 0.264. The predicted octanol–water partition coefficient (Wildman–Crippen LogP) is 5.76. The first-order valence-corrected chi connectivity index (χ1v) is 9.01. The molecule has 1 aromatic carbocycles. The van der Waals surface area contributed by atoms with Crippen LogP contribution in [0.25, 0.3) is 0 Å². The highest BCUT2D eigenvalue weighted by Crippen LogP contribution is 2.53. The van der Waals surface area contributed by atoms with Crippen molar-refractivity contribution >= 4 is 27.5 Å². The Bertz CT molecular complexity index is 530. The zero-order valence-corrected chi connectivity index (χ0v) is 15.0. The fourth-order valence-electron chi connectivity index (χ4n) is 3.52. The molecule has 1 aliphatic heterocycles. The Morgan fingerprint density at radius 3 is 2.48 bits per heavy atom. The molecular weight excluding hydrogens is 352 g/mol. The fourth-order valence-corrected chi connectivity index (χ4v) is 5.29. The van der Waals surface area contributed by atoms with Crippen molar-refractivity contribution < 1.29 is 9.47 Å². The van der Waals surface area contributed by atoms with Crippen molar-refractivity contribution in [3.8, 4) is 11.5 Å². The highest BCUT2D eigenvalue weighted by Gasteiger charge is 2.40. The second-order valence-corrected chi connectivity index (χ2v) is 8.15. The molecule has 1 fully saturated rings. The van der Waals surface area contributed by atoms with Gasteiger partial charge in [-0.15, -0.1) is 0 Å². The summed E-state index contributed by atoms with van der Waals surface area (Å²) in [7, 11) is 0. The molecule has 0 saturated heterocycles. The summed E-state index contributed by atoms with van der Waals surface area (Å²) in [6.07, 6.45) is 4.73. The Hall–Kier alpha value is -0.410. The summed E-state index contributed by atoms with van der Waals surface area (Å²) in [5.74, 6) is 2.19. The van der Waals surface area contributed by atoms with E-state index in [0.717, 1.165) is 28.5 Å². The molecule has 1 heterocycles. The van der Waals surface area contributed by atoms with Crippen molar-refractivity contribution in [3.63, 3.8) is 0 Å². The third-order valence-electron chi connectivity index (χ3n) is 4.86. The second-order valence-electron chi connectivity index (χ2n) is 6.76. The predicted molar refractivity (Wildman–Crippen MR) is 89.8 cm³/mol. The molecule has 2 unspecified atom stereocenters. The fraction of sp³-hybridized carbons (Fsp3) is 0.647. The summed E-state index contributed by atoms with van der Waals surface area (Å²) < 4.78 is 11.5. The van der Waals surface area contributed by atoms with Crippen LogP contribution in [0, 0.1) is 11.3 Å². The Labute approximate surface area is 140 Å². The minimum Gasteiger partial charge on any atom is -0.490 e. The molecule has 0 radical (unpaired) electrons. The van der Waals surface area contributed by atoms with E-state index in [1.165, 1.54) is 19.3 Å². The van der Waals surface area contributed by atoms with E-state index >= 15 is 0 Å². The quantitative estimate of drug-likeness (QED) is 0.613.